The van der Waals surface area contributed by atoms with Gasteiger partial charge >= 0.3 is 0 Å². The van der Waals surface area contributed by atoms with E-state index < -0.39 is 0 Å². The van der Waals surface area contributed by atoms with Gasteiger partial charge in [-0.05, 0) is 43.9 Å². The number of aromatic nitrogens is 3. The van der Waals surface area contributed by atoms with Crippen molar-refractivity contribution in [2.45, 2.75) is 50.8 Å². The van der Waals surface area contributed by atoms with Crippen molar-refractivity contribution in [3.05, 3.63) is 36.2 Å². The van der Waals surface area contributed by atoms with Crippen LogP contribution < -0.4 is 10.6 Å². The summed E-state index contributed by atoms with van der Waals surface area (Å²) in [5.41, 5.74) is 1.09. The van der Waals surface area contributed by atoms with Gasteiger partial charge in [-0.15, -0.1) is 0 Å². The summed E-state index contributed by atoms with van der Waals surface area (Å²) in [6, 6.07) is 5.94. The summed E-state index contributed by atoms with van der Waals surface area (Å²) in [5.74, 6) is 1.66. The first-order chi connectivity index (χ1) is 12.2. The number of anilines is 1. The number of nitrogens with one attached hydrogen (secondary N) is 2. The van der Waals surface area contributed by atoms with Crippen LogP contribution in [0.25, 0.3) is 5.82 Å². The van der Waals surface area contributed by atoms with Crippen molar-refractivity contribution in [2.24, 2.45) is 0 Å². The molecule has 2 aromatic rings. The monoisotopic (exact) mass is 341 g/mol. The average Bonchev–Trinajstić information content (AvgIpc) is 3.28. The summed E-state index contributed by atoms with van der Waals surface area (Å²) in [6.07, 6.45) is 7.19. The third kappa shape index (κ3) is 3.51. The number of aryl methyl sites for hydroxylation is 1. The van der Waals surface area contributed by atoms with E-state index in [1.165, 1.54) is 0 Å². The minimum atomic E-state index is -0.0128. The number of amides is 1. The molecule has 2 aliphatic rings. The molecule has 0 aliphatic carbocycles. The highest BCUT2D eigenvalue weighted by Crippen LogP contribution is 2.24. The van der Waals surface area contributed by atoms with E-state index in [4.69, 9.17) is 4.74 Å². The smallest absolute Gasteiger partial charge is 0.220 e. The lowest BCUT2D eigenvalue weighted by atomic mass is 9.92. The Kier molecular flexibility index (Phi) is 4.40. The molecule has 25 heavy (non-hydrogen) atoms. The van der Waals surface area contributed by atoms with Gasteiger partial charge in [-0.1, -0.05) is 6.07 Å². The summed E-state index contributed by atoms with van der Waals surface area (Å²) in [5, 5.41) is 10.9. The molecule has 4 rings (SSSR count). The van der Waals surface area contributed by atoms with E-state index in [9.17, 15) is 4.79 Å². The van der Waals surface area contributed by atoms with Crippen LogP contribution in [0.4, 0.5) is 5.82 Å². The van der Waals surface area contributed by atoms with Crippen LogP contribution in [-0.4, -0.2) is 45.5 Å². The Labute approximate surface area is 146 Å². The highest BCUT2D eigenvalue weighted by atomic mass is 16.5. The number of carbonyl (C=O) groups is 1. The number of rotatable bonds is 4. The second-order valence-corrected chi connectivity index (χ2v) is 6.78. The Hall–Kier alpha value is -2.41. The second kappa shape index (κ2) is 6.84. The van der Waals surface area contributed by atoms with E-state index in [1.54, 1.807) is 4.68 Å². The summed E-state index contributed by atoms with van der Waals surface area (Å²) >= 11 is 0. The van der Waals surface area contributed by atoms with Crippen molar-refractivity contribution < 1.29 is 9.53 Å². The zero-order chi connectivity index (χ0) is 17.2. The summed E-state index contributed by atoms with van der Waals surface area (Å²) in [4.78, 5) is 16.5. The third-order valence-electron chi connectivity index (χ3n) is 4.82. The van der Waals surface area contributed by atoms with Gasteiger partial charge in [0.2, 0.25) is 5.91 Å². The highest BCUT2D eigenvalue weighted by molar-refractivity contribution is 5.77. The van der Waals surface area contributed by atoms with E-state index in [-0.39, 0.29) is 24.1 Å². The second-order valence-electron chi connectivity index (χ2n) is 6.78. The van der Waals surface area contributed by atoms with Gasteiger partial charge in [-0.2, -0.15) is 5.10 Å². The molecule has 1 amide bonds. The minimum absolute atomic E-state index is 0.0128. The highest BCUT2D eigenvalue weighted by Gasteiger charge is 2.37. The molecule has 132 valence electrons. The van der Waals surface area contributed by atoms with Gasteiger partial charge in [-0.25, -0.2) is 9.67 Å². The number of pyridine rings is 1. The number of carbonyl (C=O) groups excluding carboxylic acids is 1. The minimum Gasteiger partial charge on any atom is -0.376 e. The van der Waals surface area contributed by atoms with Crippen LogP contribution in [0.2, 0.25) is 0 Å². The van der Waals surface area contributed by atoms with Crippen molar-refractivity contribution in [3.8, 4) is 5.82 Å². The normalized spacial score (nSPS) is 26.4. The molecule has 2 aliphatic heterocycles. The maximum atomic E-state index is 11.8. The van der Waals surface area contributed by atoms with Gasteiger partial charge in [0.1, 0.15) is 5.82 Å². The molecule has 2 fully saturated rings. The largest absolute Gasteiger partial charge is 0.376 e. The van der Waals surface area contributed by atoms with Crippen LogP contribution in [0.5, 0.6) is 0 Å². The van der Waals surface area contributed by atoms with E-state index in [0.717, 1.165) is 43.1 Å². The number of hydrogen-bond donors (Lipinski definition) is 2. The number of nitrogens with zero attached hydrogens (tertiary/aromatic N) is 3. The molecule has 0 radical (unpaired) electrons. The summed E-state index contributed by atoms with van der Waals surface area (Å²) in [7, 11) is 0. The molecule has 0 aromatic carbocycles. The van der Waals surface area contributed by atoms with E-state index in [1.807, 2.05) is 37.5 Å². The van der Waals surface area contributed by atoms with Crippen molar-refractivity contribution in [1.29, 1.82) is 0 Å². The van der Waals surface area contributed by atoms with Crippen LogP contribution in [0, 0.1) is 6.92 Å². The van der Waals surface area contributed by atoms with E-state index >= 15 is 0 Å². The molecule has 2 aromatic heterocycles. The first-order valence-electron chi connectivity index (χ1n) is 8.85. The number of ether oxygens (including phenoxy) is 1. The molecule has 4 heterocycles. The molecule has 2 N–H and O–H groups in total. The van der Waals surface area contributed by atoms with Crippen LogP contribution in [0.1, 0.15) is 31.2 Å². The molecule has 0 saturated carbocycles. The molecule has 1 unspecified atom stereocenters. The fourth-order valence-corrected chi connectivity index (χ4v) is 3.58. The predicted octanol–water partition coefficient (Wildman–Crippen LogP) is 1.81. The Balaban J connectivity index is 1.52. The van der Waals surface area contributed by atoms with Crippen molar-refractivity contribution in [1.82, 2.24) is 20.1 Å². The molecule has 7 nitrogen and oxygen atoms in total. The molecular formula is C18H23N5O2. The van der Waals surface area contributed by atoms with Crippen LogP contribution in [0.3, 0.4) is 0 Å². The standard InChI is InChI=1S/C18H23N5O2/c1-12-10-19-23(11-12)16-6-2-5-15(21-16)20-13-7-8-17(24)22-18(13)14-4-3-9-25-14/h2,5-6,10-11,13-14,18H,3-4,7-9H2,1H3,(H,20,21)(H,22,24)/t13-,14?,18-/m0/s1. The van der Waals surface area contributed by atoms with Gasteiger partial charge in [0, 0.05) is 19.2 Å². The number of hydrogen-bond acceptors (Lipinski definition) is 5. The van der Waals surface area contributed by atoms with Crippen LogP contribution >= 0.6 is 0 Å². The lowest BCUT2D eigenvalue weighted by Gasteiger charge is -2.36. The van der Waals surface area contributed by atoms with Crippen molar-refractivity contribution in [2.75, 3.05) is 11.9 Å². The first-order valence-corrected chi connectivity index (χ1v) is 8.85. The predicted molar refractivity (Wildman–Crippen MR) is 93.6 cm³/mol. The molecule has 0 spiro atoms. The fourth-order valence-electron chi connectivity index (χ4n) is 3.58. The summed E-state index contributed by atoms with van der Waals surface area (Å²) < 4.78 is 7.58. The fraction of sp³-hybridized carbons (Fsp3) is 0.500. The lowest BCUT2D eigenvalue weighted by molar-refractivity contribution is -0.124. The molecule has 0 bridgehead atoms. The lowest BCUT2D eigenvalue weighted by Crippen LogP contribution is -2.56. The Morgan fingerprint density at radius 2 is 2.28 bits per heavy atom. The molecular weight excluding hydrogens is 318 g/mol. The molecule has 3 atom stereocenters. The van der Waals surface area contributed by atoms with E-state index in [0.29, 0.717) is 6.42 Å². The average molecular weight is 341 g/mol. The zero-order valence-corrected chi connectivity index (χ0v) is 14.3. The first kappa shape index (κ1) is 16.1. The maximum Gasteiger partial charge on any atom is 0.220 e. The Morgan fingerprint density at radius 1 is 1.36 bits per heavy atom. The molecule has 7 heteroatoms. The zero-order valence-electron chi connectivity index (χ0n) is 14.3. The van der Waals surface area contributed by atoms with E-state index in [2.05, 4.69) is 20.7 Å². The maximum absolute atomic E-state index is 11.8. The van der Waals surface area contributed by atoms with Gasteiger partial charge in [0.25, 0.3) is 0 Å². The topological polar surface area (TPSA) is 81.1 Å². The van der Waals surface area contributed by atoms with Gasteiger partial charge in [-0.3, -0.25) is 4.79 Å². The third-order valence-corrected chi connectivity index (χ3v) is 4.82. The quantitative estimate of drug-likeness (QED) is 0.886. The van der Waals surface area contributed by atoms with Crippen LogP contribution in [0.15, 0.2) is 30.6 Å². The Bertz CT molecular complexity index is 753. The Morgan fingerprint density at radius 3 is 3.04 bits per heavy atom. The van der Waals surface area contributed by atoms with Crippen LogP contribution in [-0.2, 0) is 9.53 Å². The molecule has 2 saturated heterocycles. The van der Waals surface area contributed by atoms with Crippen molar-refractivity contribution in [3.63, 3.8) is 0 Å². The van der Waals surface area contributed by atoms with Crippen molar-refractivity contribution >= 4 is 11.7 Å². The summed E-state index contributed by atoms with van der Waals surface area (Å²) in [6.45, 7) is 2.78. The van der Waals surface area contributed by atoms with Gasteiger partial charge in [0.05, 0.1) is 24.4 Å². The van der Waals surface area contributed by atoms with Gasteiger partial charge < -0.3 is 15.4 Å². The SMILES string of the molecule is Cc1cnn(-c2cccc(N[C@H]3CCC(=O)N[C@@H]3C3CCCO3)n2)c1. The number of piperidine rings is 1. The van der Waals surface area contributed by atoms with Gasteiger partial charge in [0.15, 0.2) is 5.82 Å².